The number of carbonyl (C=O) groups is 1. The number of nitrogens with one attached hydrogen (secondary N) is 2. The molecule has 2 N–H and O–H groups in total. The minimum absolute atomic E-state index is 0. The van der Waals surface area contributed by atoms with Gasteiger partial charge in [-0.1, -0.05) is 12.1 Å². The summed E-state index contributed by atoms with van der Waals surface area (Å²) in [6.07, 6.45) is 4.00. The summed E-state index contributed by atoms with van der Waals surface area (Å²) >= 11 is 0. The summed E-state index contributed by atoms with van der Waals surface area (Å²) in [5.74, 6) is 1.01. The van der Waals surface area contributed by atoms with E-state index in [0.29, 0.717) is 24.0 Å². The van der Waals surface area contributed by atoms with E-state index in [1.165, 1.54) is 18.4 Å². The van der Waals surface area contributed by atoms with Gasteiger partial charge in [-0.15, -0.1) is 12.4 Å². The fourth-order valence-electron chi connectivity index (χ4n) is 2.94. The molecule has 0 bridgehead atoms. The van der Waals surface area contributed by atoms with Crippen molar-refractivity contribution >= 4 is 24.0 Å². The Morgan fingerprint density at radius 1 is 1.28 bits per heavy atom. The van der Waals surface area contributed by atoms with Crippen molar-refractivity contribution in [3.8, 4) is 5.75 Å². The van der Waals surface area contributed by atoms with Crippen LogP contribution < -0.4 is 15.4 Å². The molecule has 1 aliphatic heterocycles. The van der Waals surface area contributed by atoms with Crippen molar-refractivity contribution in [1.82, 2.24) is 10.3 Å². The van der Waals surface area contributed by atoms with E-state index in [2.05, 4.69) is 27.8 Å². The van der Waals surface area contributed by atoms with E-state index in [0.717, 1.165) is 18.8 Å². The van der Waals surface area contributed by atoms with Crippen LogP contribution in [0.25, 0.3) is 0 Å². The topological polar surface area (TPSA) is 63.2 Å². The maximum absolute atomic E-state index is 12.2. The number of halogens is 1. The molecule has 0 radical (unpaired) electrons. The van der Waals surface area contributed by atoms with Crippen LogP contribution in [-0.4, -0.2) is 30.6 Å². The molecule has 1 saturated heterocycles. The predicted octanol–water partition coefficient (Wildman–Crippen LogP) is 3.62. The lowest BCUT2D eigenvalue weighted by atomic mass is 9.92. The zero-order valence-electron chi connectivity index (χ0n) is 14.3. The summed E-state index contributed by atoms with van der Waals surface area (Å²) in [4.78, 5) is 16.4. The Morgan fingerprint density at radius 3 is 2.68 bits per heavy atom. The monoisotopic (exact) mass is 361 g/mol. The second-order valence-corrected chi connectivity index (χ2v) is 5.93. The summed E-state index contributed by atoms with van der Waals surface area (Å²) in [6, 6.07) is 11.5. The van der Waals surface area contributed by atoms with Gasteiger partial charge < -0.3 is 15.4 Å². The molecule has 1 fully saturated rings. The van der Waals surface area contributed by atoms with Crippen LogP contribution in [0.4, 0.5) is 5.69 Å². The van der Waals surface area contributed by atoms with Crippen LogP contribution >= 0.6 is 12.4 Å². The molecule has 1 aliphatic rings. The Morgan fingerprint density at radius 2 is 2.08 bits per heavy atom. The highest BCUT2D eigenvalue weighted by molar-refractivity contribution is 6.02. The van der Waals surface area contributed by atoms with E-state index in [4.69, 9.17) is 4.74 Å². The zero-order chi connectivity index (χ0) is 16.8. The van der Waals surface area contributed by atoms with Crippen LogP contribution in [-0.2, 0) is 0 Å². The number of carbonyl (C=O) groups excluding carboxylic acids is 1. The Balaban J connectivity index is 0.00000225. The van der Waals surface area contributed by atoms with Gasteiger partial charge in [0.25, 0.3) is 5.91 Å². The van der Waals surface area contributed by atoms with Gasteiger partial charge in [0.2, 0.25) is 0 Å². The fraction of sp³-hybridized carbons (Fsp3) is 0.368. The standard InChI is InChI=1S/C19H23N3O2.ClH/c1-2-24-17-9-10-18(21-13-17)19(23)22-16-7-5-14(6-8-16)15-4-3-11-20-12-15;/h5-10,13,15,20H,2-4,11-12H2,1H3,(H,22,23);1H. The summed E-state index contributed by atoms with van der Waals surface area (Å²) < 4.78 is 5.33. The van der Waals surface area contributed by atoms with Crippen molar-refractivity contribution < 1.29 is 9.53 Å². The third-order valence-corrected chi connectivity index (χ3v) is 4.22. The minimum atomic E-state index is -0.217. The lowest BCUT2D eigenvalue weighted by Gasteiger charge is -2.23. The third kappa shape index (κ3) is 5.18. The molecule has 0 spiro atoms. The van der Waals surface area contributed by atoms with Crippen molar-refractivity contribution in [3.05, 3.63) is 53.9 Å². The van der Waals surface area contributed by atoms with E-state index in [-0.39, 0.29) is 18.3 Å². The molecule has 0 aliphatic carbocycles. The second-order valence-electron chi connectivity index (χ2n) is 5.93. The number of aromatic nitrogens is 1. The largest absolute Gasteiger partial charge is 0.492 e. The number of nitrogens with zero attached hydrogens (tertiary/aromatic N) is 1. The normalized spacial score (nSPS) is 16.6. The summed E-state index contributed by atoms with van der Waals surface area (Å²) in [5, 5.41) is 6.31. The van der Waals surface area contributed by atoms with E-state index >= 15 is 0 Å². The highest BCUT2D eigenvalue weighted by Crippen LogP contribution is 2.24. The fourth-order valence-corrected chi connectivity index (χ4v) is 2.94. The van der Waals surface area contributed by atoms with Gasteiger partial charge in [0.15, 0.2) is 0 Å². The molecular weight excluding hydrogens is 338 g/mol. The molecule has 3 rings (SSSR count). The van der Waals surface area contributed by atoms with Crippen molar-refractivity contribution in [2.45, 2.75) is 25.7 Å². The van der Waals surface area contributed by atoms with Gasteiger partial charge in [-0.05, 0) is 62.1 Å². The molecular formula is C19H24ClN3O2. The number of hydrogen-bond acceptors (Lipinski definition) is 4. The third-order valence-electron chi connectivity index (χ3n) is 4.22. The molecule has 5 nitrogen and oxygen atoms in total. The minimum Gasteiger partial charge on any atom is -0.492 e. The average molecular weight is 362 g/mol. The van der Waals surface area contributed by atoms with Crippen LogP contribution in [0.3, 0.4) is 0 Å². The van der Waals surface area contributed by atoms with Crippen LogP contribution in [0.15, 0.2) is 42.6 Å². The lowest BCUT2D eigenvalue weighted by molar-refractivity contribution is 0.102. The molecule has 1 aromatic heterocycles. The Hall–Kier alpha value is -2.11. The SMILES string of the molecule is CCOc1ccc(C(=O)Nc2ccc(C3CCCNC3)cc2)nc1.Cl. The molecule has 6 heteroatoms. The molecule has 25 heavy (non-hydrogen) atoms. The predicted molar refractivity (Wildman–Crippen MR) is 102 cm³/mol. The molecule has 134 valence electrons. The number of pyridine rings is 1. The van der Waals surface area contributed by atoms with Crippen LogP contribution in [0.1, 0.15) is 41.7 Å². The molecule has 1 aromatic carbocycles. The van der Waals surface area contributed by atoms with Gasteiger partial charge in [-0.25, -0.2) is 4.98 Å². The first-order valence-electron chi connectivity index (χ1n) is 8.47. The summed E-state index contributed by atoms with van der Waals surface area (Å²) in [6.45, 7) is 4.63. The van der Waals surface area contributed by atoms with Crippen molar-refractivity contribution in [3.63, 3.8) is 0 Å². The highest BCUT2D eigenvalue weighted by Gasteiger charge is 2.15. The summed E-state index contributed by atoms with van der Waals surface area (Å²) in [5.41, 5.74) is 2.47. The number of hydrogen-bond donors (Lipinski definition) is 2. The molecule has 2 aromatic rings. The molecule has 1 unspecified atom stereocenters. The first kappa shape index (κ1) is 19.2. The average Bonchev–Trinajstić information content (AvgIpc) is 2.64. The van der Waals surface area contributed by atoms with Crippen molar-refractivity contribution in [2.24, 2.45) is 0 Å². The first-order chi connectivity index (χ1) is 11.8. The van der Waals surface area contributed by atoms with Gasteiger partial charge in [-0.2, -0.15) is 0 Å². The van der Waals surface area contributed by atoms with Crippen LogP contribution in [0, 0.1) is 0 Å². The Kier molecular flexibility index (Phi) is 7.22. The number of piperidine rings is 1. The number of rotatable bonds is 5. The van der Waals surface area contributed by atoms with E-state index in [1.807, 2.05) is 19.1 Å². The van der Waals surface area contributed by atoms with Gasteiger partial charge in [0.1, 0.15) is 11.4 Å². The van der Waals surface area contributed by atoms with Crippen LogP contribution in [0.2, 0.25) is 0 Å². The van der Waals surface area contributed by atoms with Crippen molar-refractivity contribution in [2.75, 3.05) is 25.0 Å². The van der Waals surface area contributed by atoms with E-state index < -0.39 is 0 Å². The highest BCUT2D eigenvalue weighted by atomic mass is 35.5. The van der Waals surface area contributed by atoms with Gasteiger partial charge in [-0.3, -0.25) is 4.79 Å². The Labute approximate surface area is 154 Å². The van der Waals surface area contributed by atoms with Crippen molar-refractivity contribution in [1.29, 1.82) is 0 Å². The van der Waals surface area contributed by atoms with E-state index in [1.54, 1.807) is 18.3 Å². The number of amides is 1. The molecule has 0 saturated carbocycles. The van der Waals surface area contributed by atoms with Gasteiger partial charge in [0.05, 0.1) is 12.8 Å². The number of ether oxygens (including phenoxy) is 1. The quantitative estimate of drug-likeness (QED) is 0.853. The summed E-state index contributed by atoms with van der Waals surface area (Å²) in [7, 11) is 0. The molecule has 1 atom stereocenters. The maximum atomic E-state index is 12.2. The Bertz CT molecular complexity index is 668. The molecule has 1 amide bonds. The van der Waals surface area contributed by atoms with Gasteiger partial charge >= 0.3 is 0 Å². The number of benzene rings is 1. The first-order valence-corrected chi connectivity index (χ1v) is 8.47. The number of anilines is 1. The van der Waals surface area contributed by atoms with Gasteiger partial charge in [0, 0.05) is 12.2 Å². The van der Waals surface area contributed by atoms with Crippen LogP contribution in [0.5, 0.6) is 5.75 Å². The lowest BCUT2D eigenvalue weighted by Crippen LogP contribution is -2.28. The molecule has 2 heterocycles. The smallest absolute Gasteiger partial charge is 0.274 e. The van der Waals surface area contributed by atoms with E-state index in [9.17, 15) is 4.79 Å². The second kappa shape index (κ2) is 9.39. The maximum Gasteiger partial charge on any atom is 0.274 e. The zero-order valence-corrected chi connectivity index (χ0v) is 15.1.